The van der Waals surface area contributed by atoms with E-state index in [1.54, 1.807) is 18.2 Å². The lowest BCUT2D eigenvalue weighted by Gasteiger charge is -2.19. The van der Waals surface area contributed by atoms with Crippen LogP contribution in [-0.2, 0) is 4.79 Å². The van der Waals surface area contributed by atoms with Gasteiger partial charge < -0.3 is 15.3 Å². The first-order chi connectivity index (χ1) is 9.08. The summed E-state index contributed by atoms with van der Waals surface area (Å²) in [6.45, 7) is 4.40. The Morgan fingerprint density at radius 2 is 2.11 bits per heavy atom. The maximum absolute atomic E-state index is 11.8. The fourth-order valence-corrected chi connectivity index (χ4v) is 1.74. The molecule has 0 aliphatic heterocycles. The largest absolute Gasteiger partial charge is 0.395 e. The zero-order chi connectivity index (χ0) is 14.3. The van der Waals surface area contributed by atoms with E-state index in [2.05, 4.69) is 5.32 Å². The molecule has 0 atom stereocenters. The van der Waals surface area contributed by atoms with Crippen LogP contribution >= 0.6 is 0 Å². The van der Waals surface area contributed by atoms with Crippen molar-refractivity contribution in [1.82, 2.24) is 10.2 Å². The Morgan fingerprint density at radius 1 is 1.37 bits per heavy atom. The maximum Gasteiger partial charge on any atom is 0.251 e. The number of rotatable bonds is 6. The van der Waals surface area contributed by atoms with Crippen LogP contribution in [0.4, 0.5) is 0 Å². The Labute approximate surface area is 113 Å². The average Bonchev–Trinajstić information content (AvgIpc) is 2.41. The van der Waals surface area contributed by atoms with Gasteiger partial charge in [-0.3, -0.25) is 9.59 Å². The highest BCUT2D eigenvalue weighted by Gasteiger charge is 2.13. The van der Waals surface area contributed by atoms with Crippen LogP contribution < -0.4 is 5.32 Å². The van der Waals surface area contributed by atoms with Crippen molar-refractivity contribution >= 4 is 11.8 Å². The van der Waals surface area contributed by atoms with Gasteiger partial charge >= 0.3 is 0 Å². The van der Waals surface area contributed by atoms with Gasteiger partial charge in [0.1, 0.15) is 0 Å². The van der Waals surface area contributed by atoms with E-state index in [9.17, 15) is 9.59 Å². The van der Waals surface area contributed by atoms with Crippen molar-refractivity contribution < 1.29 is 14.7 Å². The zero-order valence-electron chi connectivity index (χ0n) is 11.3. The monoisotopic (exact) mass is 264 g/mol. The van der Waals surface area contributed by atoms with Crippen molar-refractivity contribution in [3.8, 4) is 0 Å². The second-order valence-electron chi connectivity index (χ2n) is 4.25. The van der Waals surface area contributed by atoms with Gasteiger partial charge in [0, 0.05) is 18.7 Å². The van der Waals surface area contributed by atoms with Gasteiger partial charge in [0.05, 0.1) is 13.2 Å². The molecule has 0 aliphatic rings. The third-order valence-corrected chi connectivity index (χ3v) is 2.78. The molecule has 2 amide bonds. The first-order valence-corrected chi connectivity index (χ1v) is 6.32. The van der Waals surface area contributed by atoms with Crippen molar-refractivity contribution in [2.75, 3.05) is 26.2 Å². The molecule has 0 saturated carbocycles. The number of aliphatic hydroxyl groups excluding tert-OH is 1. The number of hydrogen-bond acceptors (Lipinski definition) is 3. The third-order valence-electron chi connectivity index (χ3n) is 2.78. The van der Waals surface area contributed by atoms with E-state index in [0.717, 1.165) is 5.56 Å². The van der Waals surface area contributed by atoms with Gasteiger partial charge in [0.15, 0.2) is 0 Å². The van der Waals surface area contributed by atoms with Crippen LogP contribution in [0, 0.1) is 6.92 Å². The number of carbonyl (C=O) groups excluding carboxylic acids is 2. The van der Waals surface area contributed by atoms with E-state index in [4.69, 9.17) is 5.11 Å². The molecule has 1 rings (SSSR count). The number of amides is 2. The normalized spacial score (nSPS) is 10.1. The van der Waals surface area contributed by atoms with Crippen molar-refractivity contribution in [1.29, 1.82) is 0 Å². The van der Waals surface area contributed by atoms with E-state index >= 15 is 0 Å². The summed E-state index contributed by atoms with van der Waals surface area (Å²) >= 11 is 0. The van der Waals surface area contributed by atoms with Gasteiger partial charge in [-0.05, 0) is 26.0 Å². The number of likely N-dealkylation sites (N-methyl/N-ethyl adjacent to an activating group) is 1. The Balaban J connectivity index is 2.52. The number of carbonyl (C=O) groups is 2. The lowest BCUT2D eigenvalue weighted by Crippen LogP contribution is -2.41. The molecule has 0 aliphatic carbocycles. The molecule has 2 N–H and O–H groups in total. The number of benzene rings is 1. The van der Waals surface area contributed by atoms with Crippen molar-refractivity contribution in [2.24, 2.45) is 0 Å². The zero-order valence-corrected chi connectivity index (χ0v) is 11.3. The molecule has 0 saturated heterocycles. The van der Waals surface area contributed by atoms with Crippen LogP contribution in [0.1, 0.15) is 22.8 Å². The van der Waals surface area contributed by atoms with E-state index in [1.807, 2.05) is 19.9 Å². The highest BCUT2D eigenvalue weighted by Crippen LogP contribution is 2.03. The lowest BCUT2D eigenvalue weighted by atomic mass is 10.1. The lowest BCUT2D eigenvalue weighted by molar-refractivity contribution is -0.130. The van der Waals surface area contributed by atoms with Gasteiger partial charge in [0.25, 0.3) is 5.91 Å². The topological polar surface area (TPSA) is 69.6 Å². The maximum atomic E-state index is 11.8. The second kappa shape index (κ2) is 7.53. The summed E-state index contributed by atoms with van der Waals surface area (Å²) in [5.41, 5.74) is 1.53. The molecule has 1 aromatic rings. The Kier molecular flexibility index (Phi) is 6.02. The number of nitrogens with one attached hydrogen (secondary N) is 1. The van der Waals surface area contributed by atoms with Crippen LogP contribution in [0.25, 0.3) is 0 Å². The van der Waals surface area contributed by atoms with Crippen LogP contribution in [-0.4, -0.2) is 48.1 Å². The van der Waals surface area contributed by atoms with Crippen molar-refractivity contribution in [2.45, 2.75) is 13.8 Å². The molecule has 5 heteroatoms. The molecule has 0 radical (unpaired) electrons. The summed E-state index contributed by atoms with van der Waals surface area (Å²) in [6, 6.07) is 7.18. The van der Waals surface area contributed by atoms with Crippen molar-refractivity contribution in [3.05, 3.63) is 35.4 Å². The molecule has 0 aromatic heterocycles. The van der Waals surface area contributed by atoms with Crippen LogP contribution in [0.3, 0.4) is 0 Å². The summed E-state index contributed by atoms with van der Waals surface area (Å²) in [5, 5.41) is 11.4. The van der Waals surface area contributed by atoms with Gasteiger partial charge in [-0.25, -0.2) is 0 Å². The minimum absolute atomic E-state index is 0.0549. The highest BCUT2D eigenvalue weighted by atomic mass is 16.3. The molecular weight excluding hydrogens is 244 g/mol. The second-order valence-corrected chi connectivity index (χ2v) is 4.25. The molecule has 0 fully saturated rings. The number of hydrogen-bond donors (Lipinski definition) is 2. The van der Waals surface area contributed by atoms with E-state index in [0.29, 0.717) is 12.1 Å². The molecular formula is C14H20N2O3. The summed E-state index contributed by atoms with van der Waals surface area (Å²) in [7, 11) is 0. The van der Waals surface area contributed by atoms with Crippen LogP contribution in [0.15, 0.2) is 24.3 Å². The van der Waals surface area contributed by atoms with Gasteiger partial charge in [-0.1, -0.05) is 17.7 Å². The number of aliphatic hydroxyl groups is 1. The third kappa shape index (κ3) is 4.71. The Hall–Kier alpha value is -1.88. The molecule has 19 heavy (non-hydrogen) atoms. The van der Waals surface area contributed by atoms with E-state index in [1.165, 1.54) is 4.90 Å². The SMILES string of the molecule is CCN(CCO)C(=O)CNC(=O)c1cccc(C)c1. The molecule has 5 nitrogen and oxygen atoms in total. The van der Waals surface area contributed by atoms with Crippen LogP contribution in [0.5, 0.6) is 0 Å². The standard InChI is InChI=1S/C14H20N2O3/c1-3-16(7-8-17)13(18)10-15-14(19)12-6-4-5-11(2)9-12/h4-6,9,17H,3,7-8,10H2,1-2H3,(H,15,19). The Morgan fingerprint density at radius 3 is 2.68 bits per heavy atom. The van der Waals surface area contributed by atoms with E-state index in [-0.39, 0.29) is 31.5 Å². The molecule has 1 aromatic carbocycles. The van der Waals surface area contributed by atoms with E-state index < -0.39 is 0 Å². The average molecular weight is 264 g/mol. The number of aryl methyl sites for hydroxylation is 1. The smallest absolute Gasteiger partial charge is 0.251 e. The molecule has 0 unspecified atom stereocenters. The Bertz CT molecular complexity index is 446. The van der Waals surface area contributed by atoms with Gasteiger partial charge in [0.2, 0.25) is 5.91 Å². The fraction of sp³-hybridized carbons (Fsp3) is 0.429. The summed E-state index contributed by atoms with van der Waals surface area (Å²) in [4.78, 5) is 25.1. The molecule has 0 heterocycles. The minimum Gasteiger partial charge on any atom is -0.395 e. The quantitative estimate of drug-likeness (QED) is 0.789. The predicted octanol–water partition coefficient (Wildman–Crippen LogP) is 0.566. The highest BCUT2D eigenvalue weighted by molar-refractivity contribution is 5.96. The van der Waals surface area contributed by atoms with Crippen molar-refractivity contribution in [3.63, 3.8) is 0 Å². The molecule has 104 valence electrons. The summed E-state index contributed by atoms with van der Waals surface area (Å²) < 4.78 is 0. The van der Waals surface area contributed by atoms with Gasteiger partial charge in [-0.15, -0.1) is 0 Å². The summed E-state index contributed by atoms with van der Waals surface area (Å²) in [6.07, 6.45) is 0. The van der Waals surface area contributed by atoms with Gasteiger partial charge in [-0.2, -0.15) is 0 Å². The first kappa shape index (κ1) is 15.2. The molecule has 0 spiro atoms. The predicted molar refractivity (Wildman–Crippen MR) is 72.9 cm³/mol. The first-order valence-electron chi connectivity index (χ1n) is 6.32. The summed E-state index contributed by atoms with van der Waals surface area (Å²) in [5.74, 6) is -0.463. The molecule has 0 bridgehead atoms. The minimum atomic E-state index is -0.267. The van der Waals surface area contributed by atoms with Crippen LogP contribution in [0.2, 0.25) is 0 Å². The fourth-order valence-electron chi connectivity index (χ4n) is 1.74. The number of nitrogens with zero attached hydrogens (tertiary/aromatic N) is 1.